The monoisotopic (exact) mass is 369 g/mol. The Kier molecular flexibility index (Phi) is 4.20. The van der Waals surface area contributed by atoms with Gasteiger partial charge in [-0.1, -0.05) is 17.8 Å². The molecule has 0 atom stereocenters. The van der Waals surface area contributed by atoms with E-state index in [0.29, 0.717) is 23.0 Å². The highest BCUT2D eigenvalue weighted by Gasteiger charge is 2.24. The molecule has 0 radical (unpaired) electrons. The van der Waals surface area contributed by atoms with E-state index in [2.05, 4.69) is 15.3 Å². The number of hydrogen-bond donors (Lipinski definition) is 1. The van der Waals surface area contributed by atoms with Gasteiger partial charge in [-0.25, -0.2) is 9.97 Å². The SMILES string of the molecule is COc1cccc2c1NCCN2c1cc2cnc(SC)nc2n(C)c1=O. The smallest absolute Gasteiger partial charge is 0.275 e. The molecule has 0 bridgehead atoms. The van der Waals surface area contributed by atoms with Crippen molar-refractivity contribution in [2.24, 2.45) is 7.05 Å². The van der Waals surface area contributed by atoms with Crippen LogP contribution in [0, 0.1) is 0 Å². The van der Waals surface area contributed by atoms with Gasteiger partial charge >= 0.3 is 0 Å². The lowest BCUT2D eigenvalue weighted by atomic mass is 10.1. The number of fused-ring (bicyclic) bond motifs is 2. The summed E-state index contributed by atoms with van der Waals surface area (Å²) in [7, 11) is 3.39. The standard InChI is InChI=1S/C18H19N5O2S/c1-22-16-11(10-20-18(21-16)26-3)9-13(17(22)24)23-8-7-19-15-12(23)5-4-6-14(15)25-2/h4-6,9-10,19H,7-8H2,1-3H3. The van der Waals surface area contributed by atoms with Gasteiger partial charge in [0.15, 0.2) is 5.16 Å². The fraction of sp³-hybridized carbons (Fsp3) is 0.278. The van der Waals surface area contributed by atoms with Crippen molar-refractivity contribution in [3.63, 3.8) is 0 Å². The summed E-state index contributed by atoms with van der Waals surface area (Å²) < 4.78 is 7.04. The Morgan fingerprint density at radius 3 is 2.92 bits per heavy atom. The second-order valence-corrected chi connectivity index (χ2v) is 6.74. The van der Waals surface area contributed by atoms with Crippen molar-refractivity contribution >= 4 is 39.9 Å². The van der Waals surface area contributed by atoms with Crippen LogP contribution in [0.1, 0.15) is 0 Å². The number of aryl methyl sites for hydroxylation is 1. The summed E-state index contributed by atoms with van der Waals surface area (Å²) in [4.78, 5) is 23.9. The Balaban J connectivity index is 1.92. The third-order valence-electron chi connectivity index (χ3n) is 4.53. The fourth-order valence-electron chi connectivity index (χ4n) is 3.26. The minimum absolute atomic E-state index is 0.0843. The van der Waals surface area contributed by atoms with E-state index in [1.165, 1.54) is 11.8 Å². The average Bonchev–Trinajstić information content (AvgIpc) is 2.69. The van der Waals surface area contributed by atoms with Gasteiger partial charge in [-0.2, -0.15) is 0 Å². The van der Waals surface area contributed by atoms with E-state index in [1.807, 2.05) is 35.4 Å². The van der Waals surface area contributed by atoms with Crippen LogP contribution in [0.25, 0.3) is 11.0 Å². The van der Waals surface area contributed by atoms with Crippen LogP contribution in [0.3, 0.4) is 0 Å². The summed E-state index contributed by atoms with van der Waals surface area (Å²) in [5.74, 6) is 0.762. The largest absolute Gasteiger partial charge is 0.495 e. The molecule has 3 aromatic rings. The highest BCUT2D eigenvalue weighted by molar-refractivity contribution is 7.98. The van der Waals surface area contributed by atoms with Crippen LogP contribution < -0.4 is 20.5 Å². The van der Waals surface area contributed by atoms with Crippen LogP contribution in [0.15, 0.2) is 40.4 Å². The number of pyridine rings is 1. The van der Waals surface area contributed by atoms with Crippen LogP contribution in [0.4, 0.5) is 17.1 Å². The van der Waals surface area contributed by atoms with Crippen LogP contribution >= 0.6 is 11.8 Å². The molecule has 1 N–H and O–H groups in total. The maximum absolute atomic E-state index is 13.0. The Bertz CT molecular complexity index is 1050. The number of rotatable bonds is 3. The fourth-order valence-corrected chi connectivity index (χ4v) is 3.60. The first-order chi connectivity index (χ1) is 12.6. The van der Waals surface area contributed by atoms with Crippen molar-refractivity contribution in [1.29, 1.82) is 0 Å². The maximum atomic E-state index is 13.0. The van der Waals surface area contributed by atoms with Gasteiger partial charge in [-0.3, -0.25) is 9.36 Å². The molecule has 4 rings (SSSR count). The molecule has 0 saturated carbocycles. The summed E-state index contributed by atoms with van der Waals surface area (Å²) in [5.41, 5.74) is 2.99. The Morgan fingerprint density at radius 1 is 1.31 bits per heavy atom. The Labute approximate surface area is 155 Å². The molecule has 134 valence electrons. The third-order valence-corrected chi connectivity index (χ3v) is 5.09. The highest BCUT2D eigenvalue weighted by Crippen LogP contribution is 2.40. The summed E-state index contributed by atoms with van der Waals surface area (Å²) in [6, 6.07) is 7.69. The lowest BCUT2D eigenvalue weighted by Gasteiger charge is -2.32. The van der Waals surface area contributed by atoms with E-state index in [9.17, 15) is 4.79 Å². The highest BCUT2D eigenvalue weighted by atomic mass is 32.2. The molecule has 0 unspecified atom stereocenters. The minimum Gasteiger partial charge on any atom is -0.495 e. The number of benzene rings is 1. The zero-order chi connectivity index (χ0) is 18.3. The normalized spacial score (nSPS) is 13.4. The van der Waals surface area contributed by atoms with Crippen molar-refractivity contribution in [2.75, 3.05) is 36.7 Å². The van der Waals surface area contributed by atoms with E-state index in [4.69, 9.17) is 4.74 Å². The number of nitrogens with zero attached hydrogens (tertiary/aromatic N) is 4. The molecule has 0 amide bonds. The molecule has 26 heavy (non-hydrogen) atoms. The van der Waals surface area contributed by atoms with E-state index < -0.39 is 0 Å². The van der Waals surface area contributed by atoms with Crippen LogP contribution in [-0.4, -0.2) is 41.0 Å². The molecule has 0 fully saturated rings. The molecule has 7 nitrogen and oxygen atoms in total. The first kappa shape index (κ1) is 16.7. The van der Waals surface area contributed by atoms with Gasteiger partial charge in [0.2, 0.25) is 0 Å². The lowest BCUT2D eigenvalue weighted by molar-refractivity contribution is 0.416. The molecule has 8 heteroatoms. The number of para-hydroxylation sites is 1. The first-order valence-electron chi connectivity index (χ1n) is 8.23. The van der Waals surface area contributed by atoms with Crippen LogP contribution in [-0.2, 0) is 7.05 Å². The van der Waals surface area contributed by atoms with Crippen molar-refractivity contribution in [1.82, 2.24) is 14.5 Å². The molecule has 2 aromatic heterocycles. The second kappa shape index (κ2) is 6.53. The zero-order valence-electron chi connectivity index (χ0n) is 14.8. The third kappa shape index (κ3) is 2.57. The molecule has 3 heterocycles. The molecule has 0 saturated heterocycles. The van der Waals surface area contributed by atoms with Crippen molar-refractivity contribution < 1.29 is 4.74 Å². The Hall–Kier alpha value is -2.74. The molecule has 1 aliphatic rings. The molecular formula is C18H19N5O2S. The predicted molar refractivity (Wildman–Crippen MR) is 105 cm³/mol. The maximum Gasteiger partial charge on any atom is 0.275 e. The number of aromatic nitrogens is 3. The number of ether oxygens (including phenoxy) is 1. The summed E-state index contributed by atoms with van der Waals surface area (Å²) >= 11 is 1.46. The van der Waals surface area contributed by atoms with Crippen molar-refractivity contribution in [3.8, 4) is 5.75 Å². The Morgan fingerprint density at radius 2 is 2.15 bits per heavy atom. The van der Waals surface area contributed by atoms with E-state index in [0.717, 1.165) is 29.1 Å². The van der Waals surface area contributed by atoms with Gasteiger partial charge in [-0.15, -0.1) is 0 Å². The van der Waals surface area contributed by atoms with Crippen molar-refractivity contribution in [3.05, 3.63) is 40.8 Å². The average molecular weight is 369 g/mol. The second-order valence-electron chi connectivity index (χ2n) is 5.96. The topological polar surface area (TPSA) is 72.3 Å². The molecule has 0 spiro atoms. The zero-order valence-corrected chi connectivity index (χ0v) is 15.6. The first-order valence-corrected chi connectivity index (χ1v) is 9.45. The van der Waals surface area contributed by atoms with Gasteiger partial charge in [0.1, 0.15) is 22.8 Å². The number of anilines is 3. The number of methoxy groups -OCH3 is 1. The molecule has 1 aliphatic heterocycles. The van der Waals surface area contributed by atoms with E-state index >= 15 is 0 Å². The quantitative estimate of drug-likeness (QED) is 0.562. The van der Waals surface area contributed by atoms with Gasteiger partial charge in [0.25, 0.3) is 5.56 Å². The summed E-state index contributed by atoms with van der Waals surface area (Å²) in [5, 5.41) is 4.85. The van der Waals surface area contributed by atoms with E-state index in [-0.39, 0.29) is 5.56 Å². The van der Waals surface area contributed by atoms with E-state index in [1.54, 1.807) is 24.9 Å². The minimum atomic E-state index is -0.0843. The summed E-state index contributed by atoms with van der Waals surface area (Å²) in [6.45, 7) is 1.40. The van der Waals surface area contributed by atoms with Crippen LogP contribution in [0.2, 0.25) is 0 Å². The van der Waals surface area contributed by atoms with Gasteiger partial charge in [0.05, 0.1) is 12.8 Å². The number of nitrogens with one attached hydrogen (secondary N) is 1. The lowest BCUT2D eigenvalue weighted by Crippen LogP contribution is -2.35. The van der Waals surface area contributed by atoms with Gasteiger partial charge < -0.3 is 15.0 Å². The number of thioether (sulfide) groups is 1. The molecule has 1 aromatic carbocycles. The van der Waals surface area contributed by atoms with Gasteiger partial charge in [-0.05, 0) is 24.5 Å². The van der Waals surface area contributed by atoms with Gasteiger partial charge in [0, 0.05) is 31.7 Å². The molecular weight excluding hydrogens is 350 g/mol. The predicted octanol–water partition coefficient (Wildman–Crippen LogP) is 2.62. The summed E-state index contributed by atoms with van der Waals surface area (Å²) in [6.07, 6.45) is 3.69. The molecule has 0 aliphatic carbocycles. The van der Waals surface area contributed by atoms with Crippen molar-refractivity contribution in [2.45, 2.75) is 5.16 Å². The van der Waals surface area contributed by atoms with Crippen LogP contribution in [0.5, 0.6) is 5.75 Å². The number of hydrogen-bond acceptors (Lipinski definition) is 7.